The minimum absolute atomic E-state index is 0.159. The predicted octanol–water partition coefficient (Wildman–Crippen LogP) is 4.10. The van der Waals surface area contributed by atoms with Crippen LogP contribution in [0.2, 0.25) is 0 Å². The lowest BCUT2D eigenvalue weighted by molar-refractivity contribution is -0.137. The Morgan fingerprint density at radius 2 is 1.81 bits per heavy atom. The first-order valence-electron chi connectivity index (χ1n) is 10.0. The molecular weight excluding hydrogens is 424 g/mol. The number of hydrogen-bond acceptors (Lipinski definition) is 4. The summed E-state index contributed by atoms with van der Waals surface area (Å²) in [6.07, 6.45) is -1.51. The summed E-state index contributed by atoms with van der Waals surface area (Å²) < 4.78 is 54.9. The molecule has 1 aliphatic heterocycles. The highest BCUT2D eigenvalue weighted by atomic mass is 19.4. The van der Waals surface area contributed by atoms with Gasteiger partial charge in [0.05, 0.1) is 11.6 Å². The lowest BCUT2D eigenvalue weighted by Gasteiger charge is -2.32. The minimum atomic E-state index is -4.48. The molecule has 5 nitrogen and oxygen atoms in total. The number of nitrogens with one attached hydrogen (secondary N) is 1. The quantitative estimate of drug-likeness (QED) is 0.487. The van der Waals surface area contributed by atoms with E-state index in [0.717, 1.165) is 12.1 Å². The number of nitrogens with zero attached hydrogens (tertiary/aromatic N) is 3. The van der Waals surface area contributed by atoms with Gasteiger partial charge in [0.25, 0.3) is 5.56 Å². The lowest BCUT2D eigenvalue weighted by Crippen LogP contribution is -2.41. The number of hydrogen-bond donors (Lipinski definition) is 1. The molecule has 3 heterocycles. The minimum Gasteiger partial charge on any atom is -0.364 e. The van der Waals surface area contributed by atoms with Crippen molar-refractivity contribution in [1.29, 1.82) is 0 Å². The summed E-state index contributed by atoms with van der Waals surface area (Å²) >= 11 is 0. The van der Waals surface area contributed by atoms with Crippen molar-refractivity contribution in [3.8, 4) is 0 Å². The van der Waals surface area contributed by atoms with Gasteiger partial charge in [0.15, 0.2) is 0 Å². The highest BCUT2D eigenvalue weighted by molar-refractivity contribution is 6.00. The Morgan fingerprint density at radius 3 is 2.44 bits per heavy atom. The largest absolute Gasteiger partial charge is 0.416 e. The summed E-state index contributed by atoms with van der Waals surface area (Å²) in [4.78, 5) is 20.4. The number of aromatic nitrogens is 2. The van der Waals surface area contributed by atoms with Crippen LogP contribution in [0.25, 0.3) is 0 Å². The fraction of sp³-hybridized carbons (Fsp3) is 0.261. The third-order valence-electron chi connectivity index (χ3n) is 5.68. The predicted molar refractivity (Wildman–Crippen MR) is 112 cm³/mol. The smallest absolute Gasteiger partial charge is 0.364 e. The van der Waals surface area contributed by atoms with Gasteiger partial charge >= 0.3 is 6.18 Å². The zero-order valence-electron chi connectivity index (χ0n) is 17.3. The van der Waals surface area contributed by atoms with E-state index in [9.17, 15) is 22.4 Å². The van der Waals surface area contributed by atoms with Crippen molar-refractivity contribution in [2.24, 2.45) is 4.99 Å². The monoisotopic (exact) mass is 444 g/mol. The van der Waals surface area contributed by atoms with E-state index in [1.165, 1.54) is 35.0 Å². The van der Waals surface area contributed by atoms with E-state index < -0.39 is 29.3 Å². The molecule has 1 aliphatic rings. The molecule has 0 bridgehead atoms. The Labute approximate surface area is 181 Å². The number of rotatable bonds is 4. The van der Waals surface area contributed by atoms with Crippen molar-refractivity contribution in [3.05, 3.63) is 99.5 Å². The molecule has 0 unspecified atom stereocenters. The van der Waals surface area contributed by atoms with Crippen molar-refractivity contribution in [2.45, 2.75) is 38.1 Å². The van der Waals surface area contributed by atoms with Gasteiger partial charge in [0.1, 0.15) is 11.4 Å². The van der Waals surface area contributed by atoms with E-state index in [2.05, 4.69) is 10.3 Å². The molecule has 4 rings (SSSR count). The van der Waals surface area contributed by atoms with Crippen LogP contribution in [-0.2, 0) is 18.3 Å². The fourth-order valence-corrected chi connectivity index (χ4v) is 4.03. The van der Waals surface area contributed by atoms with Gasteiger partial charge in [0, 0.05) is 30.6 Å². The Kier molecular flexibility index (Phi) is 5.36. The second-order valence-electron chi connectivity index (χ2n) is 7.58. The summed E-state index contributed by atoms with van der Waals surface area (Å²) in [6.45, 7) is 4.13. The molecule has 0 aliphatic carbocycles. The molecule has 1 aromatic carbocycles. The normalized spacial score (nSPS) is 20.7. The van der Waals surface area contributed by atoms with Gasteiger partial charge in [-0.25, -0.2) is 9.98 Å². The molecule has 9 heteroatoms. The molecule has 32 heavy (non-hydrogen) atoms. The van der Waals surface area contributed by atoms with Gasteiger partial charge in [-0.3, -0.25) is 4.79 Å². The van der Waals surface area contributed by atoms with Crippen LogP contribution in [0, 0.1) is 5.95 Å². The van der Waals surface area contributed by atoms with Crippen molar-refractivity contribution < 1.29 is 17.6 Å². The Balaban J connectivity index is 1.91. The summed E-state index contributed by atoms with van der Waals surface area (Å²) in [5.41, 5.74) is -0.584. The number of benzene rings is 1. The van der Waals surface area contributed by atoms with Gasteiger partial charge in [-0.15, -0.1) is 0 Å². The third-order valence-corrected chi connectivity index (χ3v) is 5.68. The van der Waals surface area contributed by atoms with Crippen molar-refractivity contribution >= 4 is 5.84 Å². The van der Waals surface area contributed by atoms with Crippen LogP contribution in [0.15, 0.2) is 70.7 Å². The van der Waals surface area contributed by atoms with Crippen LogP contribution in [0.5, 0.6) is 0 Å². The van der Waals surface area contributed by atoms with Crippen LogP contribution in [0.1, 0.15) is 36.1 Å². The Bertz CT molecular complexity index is 1230. The topological polar surface area (TPSA) is 59.3 Å². The van der Waals surface area contributed by atoms with E-state index in [4.69, 9.17) is 4.99 Å². The van der Waals surface area contributed by atoms with Crippen LogP contribution in [0.4, 0.5) is 17.6 Å². The first-order chi connectivity index (χ1) is 15.1. The second kappa shape index (κ2) is 7.89. The number of aliphatic imine (C=N–C) groups is 1. The van der Waals surface area contributed by atoms with Crippen molar-refractivity contribution in [2.75, 3.05) is 0 Å². The van der Waals surface area contributed by atoms with E-state index in [1.54, 1.807) is 18.3 Å². The molecule has 0 fully saturated rings. The van der Waals surface area contributed by atoms with Gasteiger partial charge in [-0.05, 0) is 55.3 Å². The summed E-state index contributed by atoms with van der Waals surface area (Å²) in [5, 5.41) is 3.26. The van der Waals surface area contributed by atoms with E-state index in [1.807, 2.05) is 13.8 Å². The summed E-state index contributed by atoms with van der Waals surface area (Å²) in [6, 6.07) is 10.2. The first kappa shape index (κ1) is 21.7. The van der Waals surface area contributed by atoms with Gasteiger partial charge in [-0.2, -0.15) is 17.6 Å². The van der Waals surface area contributed by atoms with Crippen LogP contribution in [0.3, 0.4) is 0 Å². The number of amidine groups is 1. The molecule has 0 spiro atoms. The van der Waals surface area contributed by atoms with Crippen LogP contribution < -0.4 is 10.9 Å². The van der Waals surface area contributed by atoms with E-state index >= 15 is 0 Å². The molecule has 2 atom stereocenters. The maximum Gasteiger partial charge on any atom is 0.416 e. The van der Waals surface area contributed by atoms with E-state index in [0.29, 0.717) is 29.1 Å². The number of aryl methyl sites for hydroxylation is 1. The molecule has 0 radical (unpaired) electrons. The highest BCUT2D eigenvalue weighted by Crippen LogP contribution is 2.42. The molecule has 0 saturated carbocycles. The summed E-state index contributed by atoms with van der Waals surface area (Å²) in [7, 11) is 0. The lowest BCUT2D eigenvalue weighted by atomic mass is 9.79. The fourth-order valence-electron chi connectivity index (χ4n) is 4.03. The summed E-state index contributed by atoms with van der Waals surface area (Å²) in [5.74, 6) is -0.263. The highest BCUT2D eigenvalue weighted by Gasteiger charge is 2.45. The zero-order chi connectivity index (χ0) is 23.1. The average Bonchev–Trinajstić information content (AvgIpc) is 3.11. The molecule has 0 amide bonds. The number of pyridine rings is 2. The molecule has 2 aromatic heterocycles. The SMILES string of the molecule is CCn1cc(C2=N[C@](c3ccc(C(F)(F)F)cc3)(c3ccnc(F)c3)[C@@H](C)N2)ccc1=O. The second-order valence-corrected chi connectivity index (χ2v) is 7.58. The Hall–Kier alpha value is -3.49. The average molecular weight is 444 g/mol. The molecule has 3 aromatic rings. The van der Waals surface area contributed by atoms with Gasteiger partial charge in [0.2, 0.25) is 5.95 Å². The maximum atomic E-state index is 14.1. The van der Waals surface area contributed by atoms with Gasteiger partial charge < -0.3 is 9.88 Å². The van der Waals surface area contributed by atoms with Crippen molar-refractivity contribution in [1.82, 2.24) is 14.9 Å². The standard InChI is InChI=1S/C23H20F4N4O/c1-3-31-13-15(4-9-20(31)32)21-29-14(2)22(30-21,18-10-11-28-19(24)12-18)16-5-7-17(8-6-16)23(25,26)27/h4-14H,3H2,1-2H3,(H,29,30)/t14-,22-/m1/s1. The Morgan fingerprint density at radius 1 is 1.09 bits per heavy atom. The zero-order valence-corrected chi connectivity index (χ0v) is 17.3. The molecule has 166 valence electrons. The van der Waals surface area contributed by atoms with Crippen LogP contribution >= 0.6 is 0 Å². The first-order valence-corrected chi connectivity index (χ1v) is 10.0. The molecule has 1 N–H and O–H groups in total. The van der Waals surface area contributed by atoms with Crippen molar-refractivity contribution in [3.63, 3.8) is 0 Å². The van der Waals surface area contributed by atoms with Gasteiger partial charge in [-0.1, -0.05) is 12.1 Å². The van der Waals surface area contributed by atoms with Crippen LogP contribution in [-0.4, -0.2) is 21.4 Å². The number of alkyl halides is 3. The molecular formula is C23H20F4N4O. The number of halogens is 4. The van der Waals surface area contributed by atoms with E-state index in [-0.39, 0.29) is 5.56 Å². The molecule has 0 saturated heterocycles. The maximum absolute atomic E-state index is 14.1. The third kappa shape index (κ3) is 3.68.